The van der Waals surface area contributed by atoms with E-state index >= 15 is 0 Å². The van der Waals surface area contributed by atoms with Gasteiger partial charge in [-0.25, -0.2) is 0 Å². The molecule has 1 amide bonds. The minimum atomic E-state index is -0.685. The SMILES string of the molecule is O=C(NC1CCCC(O)C1)c1cc(Cl)c(Cl)c([N+](=O)[O-])c1. The number of nitrogens with one attached hydrogen (secondary N) is 1. The number of benzene rings is 1. The fraction of sp³-hybridized carbons (Fsp3) is 0.462. The van der Waals surface area contributed by atoms with Gasteiger partial charge in [0, 0.05) is 17.7 Å². The van der Waals surface area contributed by atoms with Crippen molar-refractivity contribution in [3.63, 3.8) is 0 Å². The molecule has 2 atom stereocenters. The molecule has 2 rings (SSSR count). The summed E-state index contributed by atoms with van der Waals surface area (Å²) in [6.07, 6.45) is 2.38. The molecule has 2 unspecified atom stereocenters. The molecule has 6 nitrogen and oxygen atoms in total. The Balaban J connectivity index is 2.17. The van der Waals surface area contributed by atoms with E-state index in [4.69, 9.17) is 23.2 Å². The second-order valence-electron chi connectivity index (χ2n) is 5.04. The van der Waals surface area contributed by atoms with E-state index in [2.05, 4.69) is 5.32 Å². The summed E-state index contributed by atoms with van der Waals surface area (Å²) in [5, 5.41) is 23.0. The summed E-state index contributed by atoms with van der Waals surface area (Å²) >= 11 is 11.6. The molecule has 114 valence electrons. The largest absolute Gasteiger partial charge is 0.393 e. The molecule has 1 fully saturated rings. The number of carbonyl (C=O) groups excluding carboxylic acids is 1. The van der Waals surface area contributed by atoms with Crippen LogP contribution in [0.3, 0.4) is 0 Å². The summed E-state index contributed by atoms with van der Waals surface area (Å²) in [6, 6.07) is 2.25. The van der Waals surface area contributed by atoms with Gasteiger partial charge in [-0.15, -0.1) is 0 Å². The van der Waals surface area contributed by atoms with E-state index in [1.807, 2.05) is 0 Å². The maximum absolute atomic E-state index is 12.1. The number of halogens is 2. The Bertz CT molecular complexity index is 580. The third kappa shape index (κ3) is 3.84. The summed E-state index contributed by atoms with van der Waals surface area (Å²) in [7, 11) is 0. The highest BCUT2D eigenvalue weighted by atomic mass is 35.5. The number of hydrogen-bond donors (Lipinski definition) is 2. The Labute approximate surface area is 131 Å². The summed E-state index contributed by atoms with van der Waals surface area (Å²) in [6.45, 7) is 0. The first-order chi connectivity index (χ1) is 9.88. The molecule has 0 radical (unpaired) electrons. The Morgan fingerprint density at radius 1 is 1.38 bits per heavy atom. The van der Waals surface area contributed by atoms with Crippen LogP contribution in [0, 0.1) is 10.1 Å². The molecule has 2 N–H and O–H groups in total. The van der Waals surface area contributed by atoms with Gasteiger partial charge in [-0.1, -0.05) is 23.2 Å². The molecule has 0 bridgehead atoms. The normalized spacial score (nSPS) is 21.9. The van der Waals surface area contributed by atoms with E-state index in [1.165, 1.54) is 6.07 Å². The topological polar surface area (TPSA) is 92.5 Å². The Morgan fingerprint density at radius 2 is 2.10 bits per heavy atom. The monoisotopic (exact) mass is 332 g/mol. The first kappa shape index (κ1) is 16.0. The number of nitro benzene ring substituents is 1. The van der Waals surface area contributed by atoms with Crippen LogP contribution in [0.1, 0.15) is 36.0 Å². The molecular formula is C13H14Cl2N2O4. The highest BCUT2D eigenvalue weighted by Crippen LogP contribution is 2.33. The minimum Gasteiger partial charge on any atom is -0.393 e. The van der Waals surface area contributed by atoms with Crippen molar-refractivity contribution in [2.75, 3.05) is 0 Å². The molecule has 21 heavy (non-hydrogen) atoms. The van der Waals surface area contributed by atoms with Gasteiger partial charge in [0.05, 0.1) is 16.0 Å². The van der Waals surface area contributed by atoms with E-state index in [0.29, 0.717) is 6.42 Å². The van der Waals surface area contributed by atoms with E-state index in [9.17, 15) is 20.0 Å². The summed E-state index contributed by atoms with van der Waals surface area (Å²) in [5.74, 6) is -0.462. The number of nitro groups is 1. The molecule has 8 heteroatoms. The predicted octanol–water partition coefficient (Wildman–Crippen LogP) is 2.93. The van der Waals surface area contributed by atoms with Gasteiger partial charge < -0.3 is 10.4 Å². The van der Waals surface area contributed by atoms with E-state index < -0.39 is 22.6 Å². The first-order valence-electron chi connectivity index (χ1n) is 6.51. The highest BCUT2D eigenvalue weighted by Gasteiger charge is 2.24. The lowest BCUT2D eigenvalue weighted by Gasteiger charge is -2.26. The minimum absolute atomic E-state index is 0.0419. The van der Waals surface area contributed by atoms with Crippen molar-refractivity contribution in [1.82, 2.24) is 5.32 Å². The molecule has 0 heterocycles. The smallest absolute Gasteiger partial charge is 0.290 e. The number of amides is 1. The predicted molar refractivity (Wildman–Crippen MR) is 78.8 cm³/mol. The molecule has 1 aliphatic rings. The molecule has 1 aromatic carbocycles. The van der Waals surface area contributed by atoms with Gasteiger partial charge >= 0.3 is 0 Å². The lowest BCUT2D eigenvalue weighted by molar-refractivity contribution is -0.384. The molecule has 0 aromatic heterocycles. The van der Waals surface area contributed by atoms with Crippen molar-refractivity contribution in [1.29, 1.82) is 0 Å². The Hall–Kier alpha value is -1.37. The van der Waals surface area contributed by atoms with Crippen molar-refractivity contribution in [3.05, 3.63) is 37.9 Å². The zero-order chi connectivity index (χ0) is 15.6. The van der Waals surface area contributed by atoms with Crippen LogP contribution in [0.2, 0.25) is 10.0 Å². The number of nitrogens with zero attached hydrogens (tertiary/aromatic N) is 1. The molecule has 0 aliphatic heterocycles. The Kier molecular flexibility index (Phi) is 5.03. The van der Waals surface area contributed by atoms with Crippen LogP contribution >= 0.6 is 23.2 Å². The van der Waals surface area contributed by atoms with Crippen LogP contribution in [0.4, 0.5) is 5.69 Å². The van der Waals surface area contributed by atoms with Gasteiger partial charge in [0.15, 0.2) is 0 Å². The summed E-state index contributed by atoms with van der Waals surface area (Å²) in [4.78, 5) is 22.3. The average molecular weight is 333 g/mol. The molecular weight excluding hydrogens is 319 g/mol. The van der Waals surface area contributed by atoms with Crippen molar-refractivity contribution >= 4 is 34.8 Å². The van der Waals surface area contributed by atoms with Gasteiger partial charge in [-0.3, -0.25) is 14.9 Å². The van der Waals surface area contributed by atoms with Gasteiger partial charge in [-0.05, 0) is 31.7 Å². The maximum Gasteiger partial charge on any atom is 0.290 e. The van der Waals surface area contributed by atoms with Crippen molar-refractivity contribution < 1.29 is 14.8 Å². The van der Waals surface area contributed by atoms with Crippen LogP contribution in [0.25, 0.3) is 0 Å². The van der Waals surface area contributed by atoms with E-state index in [0.717, 1.165) is 25.3 Å². The van der Waals surface area contributed by atoms with Crippen LogP contribution < -0.4 is 5.32 Å². The van der Waals surface area contributed by atoms with E-state index in [-0.39, 0.29) is 21.7 Å². The van der Waals surface area contributed by atoms with Crippen molar-refractivity contribution in [3.8, 4) is 0 Å². The Morgan fingerprint density at radius 3 is 2.71 bits per heavy atom. The van der Waals surface area contributed by atoms with Gasteiger partial charge in [-0.2, -0.15) is 0 Å². The molecule has 1 saturated carbocycles. The number of aliphatic hydroxyl groups excluding tert-OH is 1. The van der Waals surface area contributed by atoms with Gasteiger partial charge in [0.1, 0.15) is 5.02 Å². The second kappa shape index (κ2) is 6.60. The fourth-order valence-corrected chi connectivity index (χ4v) is 2.79. The second-order valence-corrected chi connectivity index (χ2v) is 5.82. The maximum atomic E-state index is 12.1. The van der Waals surface area contributed by atoms with Gasteiger partial charge in [0.25, 0.3) is 11.6 Å². The number of carbonyl (C=O) groups is 1. The highest BCUT2D eigenvalue weighted by molar-refractivity contribution is 6.43. The van der Waals surface area contributed by atoms with Gasteiger partial charge in [0.2, 0.25) is 0 Å². The zero-order valence-electron chi connectivity index (χ0n) is 11.0. The third-order valence-electron chi connectivity index (χ3n) is 3.45. The average Bonchev–Trinajstić information content (AvgIpc) is 2.41. The van der Waals surface area contributed by atoms with Crippen LogP contribution in [-0.4, -0.2) is 28.1 Å². The standard InChI is InChI=1S/C13H14Cl2N2O4/c14-10-4-7(5-11(12(10)15)17(20)21)13(19)16-8-2-1-3-9(18)6-8/h4-5,8-9,18H,1-3,6H2,(H,16,19). The van der Waals surface area contributed by atoms with E-state index in [1.54, 1.807) is 0 Å². The molecule has 1 aliphatic carbocycles. The first-order valence-corrected chi connectivity index (χ1v) is 7.26. The summed E-state index contributed by atoms with van der Waals surface area (Å²) in [5.41, 5.74) is -0.325. The lowest BCUT2D eigenvalue weighted by Crippen LogP contribution is -2.39. The van der Waals surface area contributed by atoms with Crippen molar-refractivity contribution in [2.45, 2.75) is 37.8 Å². The number of aliphatic hydroxyl groups is 1. The lowest BCUT2D eigenvalue weighted by atomic mass is 9.93. The zero-order valence-corrected chi connectivity index (χ0v) is 12.5. The van der Waals surface area contributed by atoms with Crippen LogP contribution in [0.5, 0.6) is 0 Å². The fourth-order valence-electron chi connectivity index (χ4n) is 2.40. The molecule has 1 aromatic rings. The van der Waals surface area contributed by atoms with Crippen molar-refractivity contribution in [2.24, 2.45) is 0 Å². The van der Waals surface area contributed by atoms with Crippen LogP contribution in [0.15, 0.2) is 12.1 Å². The quantitative estimate of drug-likeness (QED) is 0.657. The molecule has 0 saturated heterocycles. The van der Waals surface area contributed by atoms with Crippen LogP contribution in [-0.2, 0) is 0 Å². The number of rotatable bonds is 3. The molecule has 0 spiro atoms. The third-order valence-corrected chi connectivity index (χ3v) is 4.24. The number of hydrogen-bond acceptors (Lipinski definition) is 4. The summed E-state index contributed by atoms with van der Waals surface area (Å²) < 4.78 is 0.